The molecule has 19 heavy (non-hydrogen) atoms. The fourth-order valence-corrected chi connectivity index (χ4v) is 2.56. The number of hydrogen-bond acceptors (Lipinski definition) is 3. The maximum Gasteiger partial charge on any atom is 0.253 e. The summed E-state index contributed by atoms with van der Waals surface area (Å²) in [4.78, 5) is 14.2. The molecule has 4 nitrogen and oxygen atoms in total. The highest BCUT2D eigenvalue weighted by molar-refractivity contribution is 5.94. The van der Waals surface area contributed by atoms with Gasteiger partial charge in [-0.3, -0.25) is 4.79 Å². The van der Waals surface area contributed by atoms with Crippen molar-refractivity contribution < 1.29 is 9.90 Å². The SMILES string of the molecule is CNCCC1CCN(C(=O)c2ccc(O)cc2)CC1. The summed E-state index contributed by atoms with van der Waals surface area (Å²) in [7, 11) is 1.98. The molecule has 0 radical (unpaired) electrons. The van der Waals surface area contributed by atoms with E-state index in [9.17, 15) is 9.90 Å². The Hall–Kier alpha value is -1.55. The van der Waals surface area contributed by atoms with E-state index < -0.39 is 0 Å². The Balaban J connectivity index is 1.87. The first kappa shape index (κ1) is 13.9. The van der Waals surface area contributed by atoms with Crippen LogP contribution in [0, 0.1) is 5.92 Å². The maximum absolute atomic E-state index is 12.3. The van der Waals surface area contributed by atoms with Crippen LogP contribution in [0.1, 0.15) is 29.6 Å². The average molecular weight is 262 g/mol. The van der Waals surface area contributed by atoms with Crippen LogP contribution in [-0.4, -0.2) is 42.6 Å². The highest BCUT2D eigenvalue weighted by atomic mass is 16.3. The third-order valence-corrected chi connectivity index (χ3v) is 3.82. The lowest BCUT2D eigenvalue weighted by Gasteiger charge is -2.32. The van der Waals surface area contributed by atoms with Gasteiger partial charge in [0.05, 0.1) is 0 Å². The second-order valence-corrected chi connectivity index (χ2v) is 5.17. The van der Waals surface area contributed by atoms with Crippen molar-refractivity contribution in [2.24, 2.45) is 5.92 Å². The van der Waals surface area contributed by atoms with Crippen LogP contribution >= 0.6 is 0 Å². The number of carbonyl (C=O) groups excluding carboxylic acids is 1. The van der Waals surface area contributed by atoms with E-state index in [-0.39, 0.29) is 11.7 Å². The first-order valence-corrected chi connectivity index (χ1v) is 6.93. The van der Waals surface area contributed by atoms with Gasteiger partial charge in [-0.15, -0.1) is 0 Å². The predicted molar refractivity (Wildman–Crippen MR) is 75.3 cm³/mol. The van der Waals surface area contributed by atoms with Crippen molar-refractivity contribution in [3.63, 3.8) is 0 Å². The molecule has 1 fully saturated rings. The second-order valence-electron chi connectivity index (χ2n) is 5.17. The van der Waals surface area contributed by atoms with E-state index in [1.807, 2.05) is 11.9 Å². The summed E-state index contributed by atoms with van der Waals surface area (Å²) in [5.41, 5.74) is 0.659. The smallest absolute Gasteiger partial charge is 0.253 e. The van der Waals surface area contributed by atoms with Crippen LogP contribution in [0.15, 0.2) is 24.3 Å². The minimum absolute atomic E-state index is 0.0760. The van der Waals surface area contributed by atoms with Crippen molar-refractivity contribution in [1.82, 2.24) is 10.2 Å². The minimum atomic E-state index is 0.0760. The average Bonchev–Trinajstić information content (AvgIpc) is 2.46. The van der Waals surface area contributed by atoms with E-state index in [4.69, 9.17) is 0 Å². The zero-order valence-corrected chi connectivity index (χ0v) is 11.4. The number of piperidine rings is 1. The summed E-state index contributed by atoms with van der Waals surface area (Å²) in [5.74, 6) is 1.01. The molecule has 1 aliphatic heterocycles. The summed E-state index contributed by atoms with van der Waals surface area (Å²) in [5, 5.41) is 12.4. The van der Waals surface area contributed by atoms with Gasteiger partial charge in [0.15, 0.2) is 0 Å². The van der Waals surface area contributed by atoms with Crippen LogP contribution < -0.4 is 5.32 Å². The van der Waals surface area contributed by atoms with Gasteiger partial charge in [-0.1, -0.05) is 0 Å². The molecular formula is C15H22N2O2. The number of benzene rings is 1. The minimum Gasteiger partial charge on any atom is -0.508 e. The normalized spacial score (nSPS) is 16.6. The summed E-state index contributed by atoms with van der Waals surface area (Å²) in [6.07, 6.45) is 3.37. The Morgan fingerprint density at radius 2 is 1.95 bits per heavy atom. The molecule has 104 valence electrons. The van der Waals surface area contributed by atoms with Crippen LogP contribution in [0.5, 0.6) is 5.75 Å². The number of phenolic OH excluding ortho intramolecular Hbond substituents is 1. The lowest BCUT2D eigenvalue weighted by molar-refractivity contribution is 0.0687. The van der Waals surface area contributed by atoms with Crippen LogP contribution in [0.25, 0.3) is 0 Å². The number of amides is 1. The zero-order chi connectivity index (χ0) is 13.7. The first-order valence-electron chi connectivity index (χ1n) is 6.93. The van der Waals surface area contributed by atoms with Crippen LogP contribution in [0.3, 0.4) is 0 Å². The lowest BCUT2D eigenvalue weighted by atomic mass is 9.93. The highest BCUT2D eigenvalue weighted by Crippen LogP contribution is 2.22. The van der Waals surface area contributed by atoms with E-state index in [1.165, 1.54) is 6.42 Å². The number of aromatic hydroxyl groups is 1. The first-order chi connectivity index (χ1) is 9.20. The Morgan fingerprint density at radius 1 is 1.32 bits per heavy atom. The highest BCUT2D eigenvalue weighted by Gasteiger charge is 2.23. The molecular weight excluding hydrogens is 240 g/mol. The van der Waals surface area contributed by atoms with Gasteiger partial charge in [0, 0.05) is 18.7 Å². The van der Waals surface area contributed by atoms with Crippen molar-refractivity contribution in [3.8, 4) is 5.75 Å². The number of likely N-dealkylation sites (tertiary alicyclic amines) is 1. The zero-order valence-electron chi connectivity index (χ0n) is 11.4. The van der Waals surface area contributed by atoms with E-state index in [0.717, 1.165) is 38.4 Å². The molecule has 1 aromatic rings. The van der Waals surface area contributed by atoms with Crippen molar-refractivity contribution in [2.75, 3.05) is 26.7 Å². The molecule has 2 rings (SSSR count). The Bertz CT molecular complexity index is 409. The predicted octanol–water partition coefficient (Wildman–Crippen LogP) is 1.85. The number of nitrogens with zero attached hydrogens (tertiary/aromatic N) is 1. The number of carbonyl (C=O) groups is 1. The van der Waals surface area contributed by atoms with Gasteiger partial charge in [-0.2, -0.15) is 0 Å². The number of rotatable bonds is 4. The van der Waals surface area contributed by atoms with Gasteiger partial charge in [0.2, 0.25) is 0 Å². The second kappa shape index (κ2) is 6.57. The van der Waals surface area contributed by atoms with Gasteiger partial charge in [-0.25, -0.2) is 0 Å². The van der Waals surface area contributed by atoms with Crippen LogP contribution in [-0.2, 0) is 0 Å². The van der Waals surface area contributed by atoms with Crippen LogP contribution in [0.4, 0.5) is 0 Å². The molecule has 1 amide bonds. The fraction of sp³-hybridized carbons (Fsp3) is 0.533. The topological polar surface area (TPSA) is 52.6 Å². The summed E-state index contributed by atoms with van der Waals surface area (Å²) >= 11 is 0. The van der Waals surface area contributed by atoms with Gasteiger partial charge < -0.3 is 15.3 Å². The molecule has 2 N–H and O–H groups in total. The molecule has 1 heterocycles. The molecule has 1 aromatic carbocycles. The summed E-state index contributed by atoms with van der Waals surface area (Å²) < 4.78 is 0. The summed E-state index contributed by atoms with van der Waals surface area (Å²) in [6, 6.07) is 6.50. The third-order valence-electron chi connectivity index (χ3n) is 3.82. The lowest BCUT2D eigenvalue weighted by Crippen LogP contribution is -2.38. The molecule has 1 aliphatic rings. The standard InChI is InChI=1S/C15H22N2O2/c1-16-9-6-12-7-10-17(11-8-12)15(19)13-2-4-14(18)5-3-13/h2-5,12,16,18H,6-11H2,1H3. The van der Waals surface area contributed by atoms with Crippen molar-refractivity contribution >= 4 is 5.91 Å². The molecule has 1 saturated heterocycles. The molecule has 0 atom stereocenters. The number of nitrogens with one attached hydrogen (secondary N) is 1. The van der Waals surface area contributed by atoms with E-state index in [0.29, 0.717) is 5.56 Å². The molecule has 0 aromatic heterocycles. The molecule has 0 aliphatic carbocycles. The quantitative estimate of drug-likeness (QED) is 0.870. The summed E-state index contributed by atoms with van der Waals surface area (Å²) in [6.45, 7) is 2.73. The van der Waals surface area contributed by atoms with Crippen molar-refractivity contribution in [1.29, 1.82) is 0 Å². The Labute approximate surface area is 114 Å². The maximum atomic E-state index is 12.3. The number of phenols is 1. The third kappa shape index (κ3) is 3.70. The van der Waals surface area contributed by atoms with Gasteiger partial charge in [0.1, 0.15) is 5.75 Å². The van der Waals surface area contributed by atoms with Crippen LogP contribution in [0.2, 0.25) is 0 Å². The Kier molecular flexibility index (Phi) is 4.80. The van der Waals surface area contributed by atoms with E-state index in [2.05, 4.69) is 5.32 Å². The molecule has 0 spiro atoms. The molecule has 4 heteroatoms. The largest absolute Gasteiger partial charge is 0.508 e. The monoisotopic (exact) mass is 262 g/mol. The van der Waals surface area contributed by atoms with Gasteiger partial charge >= 0.3 is 0 Å². The molecule has 0 saturated carbocycles. The van der Waals surface area contributed by atoms with Gasteiger partial charge in [0.25, 0.3) is 5.91 Å². The van der Waals surface area contributed by atoms with E-state index >= 15 is 0 Å². The number of hydrogen-bond donors (Lipinski definition) is 2. The van der Waals surface area contributed by atoms with Gasteiger partial charge in [-0.05, 0) is 63.0 Å². The van der Waals surface area contributed by atoms with E-state index in [1.54, 1.807) is 24.3 Å². The molecule has 0 bridgehead atoms. The fourth-order valence-electron chi connectivity index (χ4n) is 2.56. The molecule has 0 unspecified atom stereocenters. The Morgan fingerprint density at radius 3 is 2.53 bits per heavy atom. The van der Waals surface area contributed by atoms with Crippen molar-refractivity contribution in [2.45, 2.75) is 19.3 Å². The van der Waals surface area contributed by atoms with Crippen molar-refractivity contribution in [3.05, 3.63) is 29.8 Å².